The Morgan fingerprint density at radius 1 is 1.18 bits per heavy atom. The van der Waals surface area contributed by atoms with E-state index in [0.717, 1.165) is 13.0 Å². The van der Waals surface area contributed by atoms with Crippen LogP contribution in [0.25, 0.3) is 0 Å². The van der Waals surface area contributed by atoms with Crippen molar-refractivity contribution in [2.75, 3.05) is 5.32 Å². The highest BCUT2D eigenvalue weighted by Crippen LogP contribution is 2.36. The van der Waals surface area contributed by atoms with Crippen LogP contribution in [0, 0.1) is 6.92 Å². The highest BCUT2D eigenvalue weighted by atomic mass is 19.4. The Labute approximate surface area is 125 Å². The summed E-state index contributed by atoms with van der Waals surface area (Å²) >= 11 is 0. The Bertz CT molecular complexity index is 603. The van der Waals surface area contributed by atoms with Crippen LogP contribution in [0.5, 0.6) is 0 Å². The van der Waals surface area contributed by atoms with Crippen LogP contribution in [0.4, 0.5) is 23.7 Å². The molecule has 1 rings (SSSR count). The summed E-state index contributed by atoms with van der Waals surface area (Å²) in [5.41, 5.74) is -3.10. The minimum Gasteiger partial charge on any atom is -0.478 e. The summed E-state index contributed by atoms with van der Waals surface area (Å²) in [6, 6.07) is 1.48. The number of anilines is 1. The Morgan fingerprint density at radius 3 is 2.14 bits per heavy atom. The number of nitrogens with one attached hydrogen (secondary N) is 1. The topological polar surface area (TPSA) is 75.6 Å². The molecule has 0 aromatic heterocycles. The van der Waals surface area contributed by atoms with Gasteiger partial charge >= 0.3 is 18.2 Å². The first-order chi connectivity index (χ1) is 9.81. The van der Waals surface area contributed by atoms with Crippen molar-refractivity contribution >= 4 is 17.7 Å². The second-order valence-corrected chi connectivity index (χ2v) is 5.63. The van der Waals surface area contributed by atoms with Gasteiger partial charge in [0.1, 0.15) is 5.60 Å². The number of amides is 1. The summed E-state index contributed by atoms with van der Waals surface area (Å²) in [6.07, 6.45) is -5.70. The fourth-order valence-corrected chi connectivity index (χ4v) is 1.68. The summed E-state index contributed by atoms with van der Waals surface area (Å²) in [5.74, 6) is -1.53. The molecule has 1 aromatic carbocycles. The zero-order chi connectivity index (χ0) is 17.3. The van der Waals surface area contributed by atoms with Gasteiger partial charge in [0.25, 0.3) is 0 Å². The van der Waals surface area contributed by atoms with Crippen molar-refractivity contribution in [3.63, 3.8) is 0 Å². The van der Waals surface area contributed by atoms with E-state index in [9.17, 15) is 22.8 Å². The molecule has 22 heavy (non-hydrogen) atoms. The van der Waals surface area contributed by atoms with Gasteiger partial charge in [0.15, 0.2) is 0 Å². The number of carbonyl (C=O) groups excluding carboxylic acids is 1. The lowest BCUT2D eigenvalue weighted by atomic mass is 10.0. The maximum atomic E-state index is 12.9. The molecule has 0 bridgehead atoms. The Balaban J connectivity index is 3.27. The highest BCUT2D eigenvalue weighted by Gasteiger charge is 2.34. The summed E-state index contributed by atoms with van der Waals surface area (Å²) in [6.45, 7) is 5.91. The maximum Gasteiger partial charge on any atom is 0.416 e. The van der Waals surface area contributed by atoms with Crippen LogP contribution in [0.15, 0.2) is 12.1 Å². The Morgan fingerprint density at radius 2 is 1.73 bits per heavy atom. The molecule has 0 aliphatic rings. The van der Waals surface area contributed by atoms with E-state index in [1.54, 1.807) is 20.8 Å². The molecular formula is C14H16F3NO4. The van der Waals surface area contributed by atoms with Crippen LogP contribution in [0.1, 0.15) is 42.3 Å². The number of carboxylic acids is 1. The second-order valence-electron chi connectivity index (χ2n) is 5.63. The van der Waals surface area contributed by atoms with Gasteiger partial charge in [-0.15, -0.1) is 0 Å². The Hall–Kier alpha value is -2.25. The first-order valence-electron chi connectivity index (χ1n) is 6.26. The molecule has 0 aliphatic carbocycles. The largest absolute Gasteiger partial charge is 0.478 e. The molecule has 0 saturated carbocycles. The molecule has 2 N–H and O–H groups in total. The second kappa shape index (κ2) is 5.86. The third kappa shape index (κ3) is 4.64. The van der Waals surface area contributed by atoms with Gasteiger partial charge in [0.05, 0.1) is 11.1 Å². The molecule has 0 spiro atoms. The van der Waals surface area contributed by atoms with Gasteiger partial charge in [0.2, 0.25) is 0 Å². The van der Waals surface area contributed by atoms with Crippen LogP contribution >= 0.6 is 0 Å². The van der Waals surface area contributed by atoms with Crippen molar-refractivity contribution in [1.82, 2.24) is 0 Å². The normalized spacial score (nSPS) is 12.0. The van der Waals surface area contributed by atoms with Gasteiger partial charge < -0.3 is 9.84 Å². The number of alkyl halides is 3. The van der Waals surface area contributed by atoms with Crippen molar-refractivity contribution in [2.24, 2.45) is 0 Å². The lowest BCUT2D eigenvalue weighted by Gasteiger charge is -2.21. The number of hydrogen-bond donors (Lipinski definition) is 2. The molecule has 0 radical (unpaired) electrons. The minimum atomic E-state index is -4.74. The zero-order valence-corrected chi connectivity index (χ0v) is 12.5. The lowest BCUT2D eigenvalue weighted by Crippen LogP contribution is -2.27. The molecule has 0 saturated heterocycles. The van der Waals surface area contributed by atoms with E-state index >= 15 is 0 Å². The molecule has 5 nitrogen and oxygen atoms in total. The van der Waals surface area contributed by atoms with E-state index < -0.39 is 35.0 Å². The lowest BCUT2D eigenvalue weighted by molar-refractivity contribution is -0.138. The number of carbonyl (C=O) groups is 2. The fraction of sp³-hybridized carbons (Fsp3) is 0.429. The molecule has 0 fully saturated rings. The van der Waals surface area contributed by atoms with Gasteiger partial charge in [-0.2, -0.15) is 13.2 Å². The summed E-state index contributed by atoms with van der Waals surface area (Å²) < 4.78 is 43.8. The maximum absolute atomic E-state index is 12.9. The van der Waals surface area contributed by atoms with Gasteiger partial charge in [-0.25, -0.2) is 9.59 Å². The van der Waals surface area contributed by atoms with Crippen LogP contribution < -0.4 is 5.32 Å². The van der Waals surface area contributed by atoms with Crippen LogP contribution in [0.3, 0.4) is 0 Å². The summed E-state index contributed by atoms with van der Waals surface area (Å²) in [4.78, 5) is 22.6. The first-order valence-corrected chi connectivity index (χ1v) is 6.26. The van der Waals surface area contributed by atoms with Gasteiger partial charge in [-0.3, -0.25) is 5.32 Å². The summed E-state index contributed by atoms with van der Waals surface area (Å²) in [7, 11) is 0. The van der Waals surface area contributed by atoms with E-state index in [1.807, 2.05) is 0 Å². The zero-order valence-electron chi connectivity index (χ0n) is 12.5. The standard InChI is InChI=1S/C14H16F3NO4/c1-7-9(14(15,16)17)5-8(11(19)20)6-10(7)18-12(21)22-13(2,3)4/h5-6H,1-4H3,(H,18,21)(H,19,20). The number of halogens is 3. The Kier molecular flexibility index (Phi) is 4.74. The van der Waals surface area contributed by atoms with E-state index in [2.05, 4.69) is 5.32 Å². The van der Waals surface area contributed by atoms with Crippen molar-refractivity contribution in [3.05, 3.63) is 28.8 Å². The number of aromatic carboxylic acids is 1. The number of carboxylic acid groups (broad SMARTS) is 1. The molecular weight excluding hydrogens is 303 g/mol. The smallest absolute Gasteiger partial charge is 0.416 e. The van der Waals surface area contributed by atoms with Crippen molar-refractivity contribution in [1.29, 1.82) is 0 Å². The molecule has 1 aromatic rings. The number of rotatable bonds is 2. The average Bonchev–Trinajstić information content (AvgIpc) is 2.27. The minimum absolute atomic E-state index is 0.263. The molecule has 0 unspecified atom stereocenters. The SMILES string of the molecule is Cc1c(NC(=O)OC(C)(C)C)cc(C(=O)O)cc1C(F)(F)F. The number of hydrogen-bond acceptors (Lipinski definition) is 3. The third-order valence-corrected chi connectivity index (χ3v) is 2.60. The fourth-order valence-electron chi connectivity index (χ4n) is 1.68. The summed E-state index contributed by atoms with van der Waals surface area (Å²) in [5, 5.41) is 11.0. The predicted molar refractivity (Wildman–Crippen MR) is 73.0 cm³/mol. The third-order valence-electron chi connectivity index (χ3n) is 2.60. The monoisotopic (exact) mass is 319 g/mol. The quantitative estimate of drug-likeness (QED) is 0.862. The van der Waals surface area contributed by atoms with Crippen molar-refractivity contribution in [2.45, 2.75) is 39.5 Å². The van der Waals surface area contributed by atoms with Gasteiger partial charge in [0, 0.05) is 5.69 Å². The van der Waals surface area contributed by atoms with Gasteiger partial charge in [-0.1, -0.05) is 0 Å². The van der Waals surface area contributed by atoms with E-state index in [-0.39, 0.29) is 11.3 Å². The van der Waals surface area contributed by atoms with E-state index in [4.69, 9.17) is 9.84 Å². The molecule has 0 atom stereocenters. The molecule has 0 aliphatic heterocycles. The average molecular weight is 319 g/mol. The van der Waals surface area contributed by atoms with Crippen LogP contribution in [0.2, 0.25) is 0 Å². The molecule has 0 heterocycles. The number of benzene rings is 1. The molecule has 8 heteroatoms. The van der Waals surface area contributed by atoms with Crippen molar-refractivity contribution < 1.29 is 32.6 Å². The van der Waals surface area contributed by atoms with Gasteiger partial charge in [-0.05, 0) is 45.4 Å². The number of ether oxygens (including phenoxy) is 1. The van der Waals surface area contributed by atoms with Crippen LogP contribution in [-0.4, -0.2) is 22.8 Å². The predicted octanol–water partition coefficient (Wildman–Crippen LogP) is 4.06. The molecule has 1 amide bonds. The van der Waals surface area contributed by atoms with E-state index in [1.165, 1.54) is 0 Å². The van der Waals surface area contributed by atoms with E-state index in [0.29, 0.717) is 6.07 Å². The molecule has 122 valence electrons. The first kappa shape index (κ1) is 17.8. The highest BCUT2D eigenvalue weighted by molar-refractivity contribution is 5.93. The van der Waals surface area contributed by atoms with Crippen molar-refractivity contribution in [3.8, 4) is 0 Å². The van der Waals surface area contributed by atoms with Crippen LogP contribution in [-0.2, 0) is 10.9 Å².